The van der Waals surface area contributed by atoms with E-state index in [4.69, 9.17) is 23.7 Å². The number of rotatable bonds is 9. The molecule has 5 aliphatic rings. The van der Waals surface area contributed by atoms with E-state index in [0.29, 0.717) is 22.3 Å². The molecule has 0 radical (unpaired) electrons. The van der Waals surface area contributed by atoms with Crippen LogP contribution in [0.15, 0.2) is 71.8 Å². The van der Waals surface area contributed by atoms with Crippen molar-refractivity contribution in [2.45, 2.75) is 128 Å². The zero-order valence-corrected chi connectivity index (χ0v) is 35.5. The lowest BCUT2D eigenvalue weighted by molar-refractivity contribution is -0.359. The number of ketones is 1. The average molecular weight is 834 g/mol. The van der Waals surface area contributed by atoms with Crippen LogP contribution in [0.25, 0.3) is 0 Å². The van der Waals surface area contributed by atoms with Gasteiger partial charge < -0.3 is 49.4 Å². The first kappa shape index (κ1) is 44.0. The molecule has 3 aliphatic carbocycles. The second-order valence-corrected chi connectivity index (χ2v) is 18.4. The molecule has 2 bridgehead atoms. The molecule has 2 saturated carbocycles. The molecule has 2 aromatic rings. The summed E-state index contributed by atoms with van der Waals surface area (Å²) in [6.07, 6.45) is -8.05. The normalized spacial score (nSPS) is 39.4. The Morgan fingerprint density at radius 3 is 2.18 bits per heavy atom. The van der Waals surface area contributed by atoms with Gasteiger partial charge in [-0.25, -0.2) is 4.79 Å². The van der Waals surface area contributed by atoms with Gasteiger partial charge in [-0.15, -0.1) is 0 Å². The lowest BCUT2D eigenvalue weighted by Gasteiger charge is -2.68. The van der Waals surface area contributed by atoms with Gasteiger partial charge in [0.1, 0.15) is 24.1 Å². The molecule has 2 saturated heterocycles. The Kier molecular flexibility index (Phi) is 11.8. The number of aliphatic hydroxyl groups excluding tert-OH is 3. The molecule has 5 N–H and O–H groups in total. The van der Waals surface area contributed by atoms with Crippen LogP contribution < -0.4 is 5.32 Å². The van der Waals surface area contributed by atoms with Gasteiger partial charge in [-0.3, -0.25) is 14.4 Å². The van der Waals surface area contributed by atoms with Crippen LogP contribution in [-0.4, -0.2) is 111 Å². The number of carbonyl (C=O) groups excluding carboxylic acids is 4. The summed E-state index contributed by atoms with van der Waals surface area (Å²) in [5.41, 5.74) is -3.80. The summed E-state index contributed by atoms with van der Waals surface area (Å²) in [7, 11) is 0. The lowest BCUT2D eigenvalue weighted by Crippen LogP contribution is -2.79. The van der Waals surface area contributed by atoms with Crippen LogP contribution in [0.4, 0.5) is 0 Å². The second kappa shape index (κ2) is 16.0. The number of carbonyl (C=O) groups is 4. The highest BCUT2D eigenvalue weighted by atomic mass is 16.7. The average Bonchev–Trinajstić information content (AvgIpc) is 3.21. The van der Waals surface area contributed by atoms with E-state index in [9.17, 15) is 34.8 Å². The van der Waals surface area contributed by atoms with E-state index >= 15 is 4.79 Å². The van der Waals surface area contributed by atoms with Crippen molar-refractivity contribution < 1.29 is 63.3 Å². The molecule has 14 nitrogen and oxygen atoms in total. The molecule has 2 heterocycles. The predicted molar refractivity (Wildman–Crippen MR) is 215 cm³/mol. The van der Waals surface area contributed by atoms with E-state index in [1.54, 1.807) is 95.3 Å². The monoisotopic (exact) mass is 833 g/mol. The number of amides is 1. The van der Waals surface area contributed by atoms with Gasteiger partial charge in [0.05, 0.1) is 42.5 Å². The number of fused-ring (bicyclic) bond motifs is 5. The molecule has 326 valence electrons. The van der Waals surface area contributed by atoms with Crippen LogP contribution >= 0.6 is 0 Å². The van der Waals surface area contributed by atoms with Crippen LogP contribution in [0, 0.1) is 34.5 Å². The highest BCUT2D eigenvalue weighted by Gasteiger charge is 2.76. The summed E-state index contributed by atoms with van der Waals surface area (Å²) in [5, 5.41) is 49.5. The first-order valence-corrected chi connectivity index (χ1v) is 20.9. The Bertz CT molecular complexity index is 2010. The third-order valence-electron chi connectivity index (χ3n) is 14.9. The zero-order valence-electron chi connectivity index (χ0n) is 35.5. The van der Waals surface area contributed by atoms with Crippen LogP contribution in [0.3, 0.4) is 0 Å². The number of hydrogen-bond donors (Lipinski definition) is 5. The Morgan fingerprint density at radius 1 is 0.950 bits per heavy atom. The largest absolute Gasteiger partial charge is 0.456 e. The van der Waals surface area contributed by atoms with Gasteiger partial charge in [-0.1, -0.05) is 83.1 Å². The summed E-state index contributed by atoms with van der Waals surface area (Å²) in [6.45, 7) is 13.6. The van der Waals surface area contributed by atoms with Gasteiger partial charge in [0.2, 0.25) is 0 Å². The van der Waals surface area contributed by atoms with E-state index in [1.165, 1.54) is 6.92 Å². The van der Waals surface area contributed by atoms with E-state index in [0.717, 1.165) is 0 Å². The van der Waals surface area contributed by atoms with Crippen LogP contribution in [-0.2, 0) is 38.1 Å². The van der Waals surface area contributed by atoms with Gasteiger partial charge in [0, 0.05) is 48.5 Å². The number of ether oxygens (including phenoxy) is 5. The molecule has 0 aromatic heterocycles. The van der Waals surface area contributed by atoms with Crippen molar-refractivity contribution in [2.24, 2.45) is 34.5 Å². The Labute approximate surface area is 350 Å². The minimum absolute atomic E-state index is 0.0412. The standard InChI is InChI=1S/C46H59NO13/c1-23-30(49)21-56-42(36(23)50)59-32-19-33-45(22-57-33,60-27(5)48)38-26(4)46(55)20-31(24(2)34(43(46,6)7)25(3)39(52)44(32,38)8)58-41(54)37(51)35(28-15-11-9-12-16-28)47-40(53)29-17-13-10-14-18-29/h9-18,23,25-26,30-33,35-38,42,49-51,55H,19-22H2,1-8H3,(H,47,53)/t23-,25+,26-,30+,31-,32-,33+,35-,36+,37+,38-,42?,44+,45-,46+/m0/s1. The summed E-state index contributed by atoms with van der Waals surface area (Å²) < 4.78 is 30.9. The maximum atomic E-state index is 15.6. The van der Waals surface area contributed by atoms with Crippen LogP contribution in [0.2, 0.25) is 0 Å². The van der Waals surface area contributed by atoms with Gasteiger partial charge >= 0.3 is 11.9 Å². The maximum absolute atomic E-state index is 15.6. The molecule has 60 heavy (non-hydrogen) atoms. The SMILES string of the molecule is CC(=O)O[C@@]12CO[C@@H]1C[C@H](OC1OC[C@@H](O)[C@H](C)[C@H]1O)[C@@]1(C)C(=O)[C@H](C)C3=C(C)[C@@H](OC(=O)[C@H](O)[C@@H](NC(=O)c4ccccc4)c4ccccc4)C[C@@](O)([C@@H](C)[C@H]21)C3(C)C. The molecular formula is C46H59NO13. The van der Waals surface area contributed by atoms with E-state index in [-0.39, 0.29) is 31.8 Å². The molecule has 7 rings (SSSR count). The van der Waals surface area contributed by atoms with Crippen molar-refractivity contribution in [1.82, 2.24) is 5.32 Å². The number of benzene rings is 2. The maximum Gasteiger partial charge on any atom is 0.338 e. The zero-order chi connectivity index (χ0) is 43.7. The predicted octanol–water partition coefficient (Wildman–Crippen LogP) is 3.59. The van der Waals surface area contributed by atoms with E-state index in [1.807, 2.05) is 13.8 Å². The van der Waals surface area contributed by atoms with Crippen LogP contribution in [0.5, 0.6) is 0 Å². The number of aliphatic hydroxyl groups is 4. The molecule has 1 unspecified atom stereocenters. The van der Waals surface area contributed by atoms with Crippen molar-refractivity contribution in [3.8, 4) is 0 Å². The van der Waals surface area contributed by atoms with Gasteiger partial charge in [0.25, 0.3) is 5.91 Å². The molecule has 14 heteroatoms. The smallest absolute Gasteiger partial charge is 0.338 e. The number of hydrogen-bond acceptors (Lipinski definition) is 13. The fourth-order valence-corrected chi connectivity index (χ4v) is 11.5. The van der Waals surface area contributed by atoms with Crippen molar-refractivity contribution in [3.63, 3.8) is 0 Å². The third kappa shape index (κ3) is 6.92. The fourth-order valence-electron chi connectivity index (χ4n) is 11.5. The minimum atomic E-state index is -1.87. The lowest BCUT2D eigenvalue weighted by atomic mass is 9.42. The van der Waals surface area contributed by atoms with E-state index < -0.39 is 113 Å². The molecule has 1 amide bonds. The first-order chi connectivity index (χ1) is 28.2. The molecule has 15 atom stereocenters. The first-order valence-electron chi connectivity index (χ1n) is 20.9. The minimum Gasteiger partial charge on any atom is -0.456 e. The molecule has 2 aromatic carbocycles. The second-order valence-electron chi connectivity index (χ2n) is 18.4. The number of nitrogens with one attached hydrogen (secondary N) is 1. The highest BCUT2D eigenvalue weighted by Crippen LogP contribution is 2.66. The number of esters is 2. The van der Waals surface area contributed by atoms with Crippen molar-refractivity contribution in [3.05, 3.63) is 82.9 Å². The van der Waals surface area contributed by atoms with Crippen molar-refractivity contribution in [1.29, 1.82) is 0 Å². The van der Waals surface area contributed by atoms with Crippen molar-refractivity contribution in [2.75, 3.05) is 13.2 Å². The Balaban J connectivity index is 1.28. The molecule has 2 aliphatic heterocycles. The summed E-state index contributed by atoms with van der Waals surface area (Å²) in [5.74, 6) is -5.70. The van der Waals surface area contributed by atoms with Gasteiger partial charge in [-0.05, 0) is 48.6 Å². The third-order valence-corrected chi connectivity index (χ3v) is 14.9. The fraction of sp³-hybridized carbons (Fsp3) is 0.609. The topological polar surface area (TPSA) is 207 Å². The summed E-state index contributed by atoms with van der Waals surface area (Å²) in [6, 6.07) is 15.8. The molecule has 4 fully saturated rings. The highest BCUT2D eigenvalue weighted by molar-refractivity contribution is 5.95. The van der Waals surface area contributed by atoms with E-state index in [2.05, 4.69) is 5.32 Å². The van der Waals surface area contributed by atoms with Gasteiger partial charge in [0.15, 0.2) is 18.0 Å². The van der Waals surface area contributed by atoms with Gasteiger partial charge in [-0.2, -0.15) is 0 Å². The summed E-state index contributed by atoms with van der Waals surface area (Å²) >= 11 is 0. The van der Waals surface area contributed by atoms with Crippen molar-refractivity contribution >= 4 is 23.6 Å². The summed E-state index contributed by atoms with van der Waals surface area (Å²) in [4.78, 5) is 56.1. The quantitative estimate of drug-likeness (QED) is 0.181. The Morgan fingerprint density at radius 2 is 1.58 bits per heavy atom. The number of Topliss-reactive ketones (excluding diaryl/α,β-unsaturated/α-hetero) is 1. The Hall–Kier alpha value is -4.02. The van der Waals surface area contributed by atoms with Crippen LogP contribution in [0.1, 0.15) is 90.2 Å². The molecular weight excluding hydrogens is 774 g/mol. The molecule has 0 spiro atoms.